The monoisotopic (exact) mass is 360 g/mol. The number of benzene rings is 1. The van der Waals surface area contributed by atoms with E-state index in [1.54, 1.807) is 0 Å². The maximum atomic E-state index is 13.7. The van der Waals surface area contributed by atoms with Crippen LogP contribution in [-0.2, 0) is 16.6 Å². The number of carbonyl (C=O) groups excluding carboxylic acids is 1. The lowest BCUT2D eigenvalue weighted by Crippen LogP contribution is -2.44. The first kappa shape index (κ1) is 17.0. The molecule has 2 aromatic rings. The summed E-state index contributed by atoms with van der Waals surface area (Å²) >= 11 is 0. The van der Waals surface area contributed by atoms with Crippen LogP contribution in [0.15, 0.2) is 47.7 Å². The smallest absolute Gasteiger partial charge is 0.160 e. The fourth-order valence-corrected chi connectivity index (χ4v) is 6.33. The molecule has 3 aliphatic carbocycles. The number of aromatic amines is 1. The highest BCUT2D eigenvalue weighted by Gasteiger charge is 2.51. The highest BCUT2D eigenvalue weighted by atomic mass is 16.1. The van der Waals surface area contributed by atoms with Gasteiger partial charge in [-0.05, 0) is 36.7 Å². The van der Waals surface area contributed by atoms with E-state index in [2.05, 4.69) is 47.5 Å². The van der Waals surface area contributed by atoms with Crippen LogP contribution in [0, 0.1) is 5.41 Å². The van der Waals surface area contributed by atoms with Gasteiger partial charge in [0.1, 0.15) is 0 Å². The molecule has 1 atom stereocenters. The minimum absolute atomic E-state index is 0.224. The van der Waals surface area contributed by atoms with E-state index in [0.717, 1.165) is 31.3 Å². The maximum absolute atomic E-state index is 13.7. The lowest BCUT2D eigenvalue weighted by atomic mass is 9.54. The van der Waals surface area contributed by atoms with Crippen LogP contribution >= 0.6 is 0 Å². The summed E-state index contributed by atoms with van der Waals surface area (Å²) < 4.78 is 0. The number of nitrogens with zero attached hydrogens (tertiary/aromatic N) is 1. The lowest BCUT2D eigenvalue weighted by molar-refractivity contribution is -0.120. The highest BCUT2D eigenvalue weighted by Crippen LogP contribution is 2.56. The molecule has 3 heteroatoms. The summed E-state index contributed by atoms with van der Waals surface area (Å²) in [6, 6.07) is 10.6. The zero-order valence-corrected chi connectivity index (χ0v) is 16.2. The third-order valence-corrected chi connectivity index (χ3v) is 7.46. The molecule has 1 N–H and O–H groups in total. The number of carbonyl (C=O) groups is 1. The van der Waals surface area contributed by atoms with Gasteiger partial charge in [0, 0.05) is 29.7 Å². The number of rotatable bonds is 2. The lowest BCUT2D eigenvalue weighted by Gasteiger charge is -2.48. The Morgan fingerprint density at radius 3 is 2.59 bits per heavy atom. The second kappa shape index (κ2) is 6.19. The van der Waals surface area contributed by atoms with E-state index in [4.69, 9.17) is 0 Å². The van der Waals surface area contributed by atoms with Crippen molar-refractivity contribution >= 4 is 5.78 Å². The summed E-state index contributed by atoms with van der Waals surface area (Å²) in [6.45, 7) is 2.22. The largest absolute Gasteiger partial charge is 0.294 e. The molecule has 140 valence electrons. The van der Waals surface area contributed by atoms with Crippen LogP contribution in [0.4, 0.5) is 0 Å². The molecular formula is C24H28N2O. The summed E-state index contributed by atoms with van der Waals surface area (Å²) in [4.78, 5) is 13.7. The Kier molecular flexibility index (Phi) is 3.89. The van der Waals surface area contributed by atoms with Crippen LogP contribution in [0.25, 0.3) is 0 Å². The van der Waals surface area contributed by atoms with Gasteiger partial charge < -0.3 is 0 Å². The number of ketones is 1. The predicted octanol–water partition coefficient (Wildman–Crippen LogP) is 5.27. The third kappa shape index (κ3) is 2.40. The fraction of sp³-hybridized carbons (Fsp3) is 0.500. The molecule has 1 saturated carbocycles. The zero-order chi connectivity index (χ0) is 18.5. The van der Waals surface area contributed by atoms with E-state index in [1.165, 1.54) is 54.5 Å². The van der Waals surface area contributed by atoms with E-state index < -0.39 is 0 Å². The number of allylic oxidation sites excluding steroid dienone is 2. The van der Waals surface area contributed by atoms with Gasteiger partial charge >= 0.3 is 0 Å². The Labute approximate surface area is 161 Å². The predicted molar refractivity (Wildman–Crippen MR) is 107 cm³/mol. The molecule has 5 rings (SSSR count). The number of nitrogens with one attached hydrogen (secondary N) is 1. The second-order valence-corrected chi connectivity index (χ2v) is 8.88. The first-order chi connectivity index (χ1) is 13.2. The average molecular weight is 361 g/mol. The van der Waals surface area contributed by atoms with Crippen molar-refractivity contribution in [3.05, 3.63) is 64.5 Å². The van der Waals surface area contributed by atoms with Gasteiger partial charge in [-0.1, -0.05) is 62.1 Å². The molecular weight excluding hydrogens is 332 g/mol. The summed E-state index contributed by atoms with van der Waals surface area (Å²) in [5.74, 6) is 0.399. The Morgan fingerprint density at radius 1 is 1.07 bits per heavy atom. The molecule has 1 fully saturated rings. The number of H-pyrrole nitrogens is 1. The normalized spacial score (nSPS) is 26.8. The van der Waals surface area contributed by atoms with Gasteiger partial charge in [-0.3, -0.25) is 9.89 Å². The first-order valence-electron chi connectivity index (χ1n) is 10.5. The number of hydrogen-bond acceptors (Lipinski definition) is 2. The fourth-order valence-electron chi connectivity index (χ4n) is 6.33. The maximum Gasteiger partial charge on any atom is 0.160 e. The van der Waals surface area contributed by atoms with E-state index in [-0.39, 0.29) is 10.8 Å². The van der Waals surface area contributed by atoms with E-state index >= 15 is 0 Å². The Hall–Kier alpha value is -2.16. The molecule has 1 heterocycles. The molecule has 3 nitrogen and oxygen atoms in total. The molecule has 0 aliphatic heterocycles. The number of Topliss-reactive ketones (excluding diaryl/α,β-unsaturated/α-hetero) is 1. The molecule has 0 unspecified atom stereocenters. The number of aromatic nitrogens is 2. The average Bonchev–Trinajstić information content (AvgIpc) is 3.16. The number of fused-ring (bicyclic) bond motifs is 1. The van der Waals surface area contributed by atoms with Crippen molar-refractivity contribution in [3.8, 4) is 0 Å². The minimum Gasteiger partial charge on any atom is -0.294 e. The van der Waals surface area contributed by atoms with Crippen LogP contribution in [0.1, 0.15) is 75.1 Å². The van der Waals surface area contributed by atoms with Crippen molar-refractivity contribution in [2.24, 2.45) is 5.41 Å². The second-order valence-electron chi connectivity index (χ2n) is 8.88. The van der Waals surface area contributed by atoms with Gasteiger partial charge in [0.05, 0.1) is 11.6 Å². The third-order valence-electron chi connectivity index (χ3n) is 7.46. The quantitative estimate of drug-likeness (QED) is 0.793. The van der Waals surface area contributed by atoms with Crippen molar-refractivity contribution in [1.29, 1.82) is 0 Å². The molecule has 1 aromatic carbocycles. The van der Waals surface area contributed by atoms with E-state index in [1.807, 2.05) is 6.20 Å². The standard InChI is InChI=1S/C24H28N2O/c1-2-24(18-9-5-3-6-10-18)19-16-25-26-20(19)13-17-14-23(11-7-4-8-12-23)15-21(27)22(17)24/h3,5-6,9-10,16H,2,4,7-8,11-15H2,1H3,(H,25,26)/t24-/m0/s1. The van der Waals surface area contributed by atoms with Gasteiger partial charge in [0.25, 0.3) is 0 Å². The van der Waals surface area contributed by atoms with Crippen molar-refractivity contribution in [1.82, 2.24) is 10.2 Å². The van der Waals surface area contributed by atoms with Gasteiger partial charge in [-0.25, -0.2) is 0 Å². The Balaban J connectivity index is 1.71. The van der Waals surface area contributed by atoms with Crippen LogP contribution in [0.5, 0.6) is 0 Å². The molecule has 0 amide bonds. The Bertz CT molecular complexity index is 901. The molecule has 0 radical (unpaired) electrons. The minimum atomic E-state index is -0.343. The SMILES string of the molecule is CC[C@@]1(c2ccccc2)C2=C(Cc3[nH]ncc31)CC1(CCCCC1)CC2=O. The first-order valence-corrected chi connectivity index (χ1v) is 10.5. The summed E-state index contributed by atoms with van der Waals surface area (Å²) in [5.41, 5.74) is 6.02. The van der Waals surface area contributed by atoms with Crippen LogP contribution in [-0.4, -0.2) is 16.0 Å². The van der Waals surface area contributed by atoms with Crippen molar-refractivity contribution in [3.63, 3.8) is 0 Å². The number of hydrogen-bond donors (Lipinski definition) is 1. The molecule has 1 spiro atoms. The van der Waals surface area contributed by atoms with Crippen molar-refractivity contribution in [2.75, 3.05) is 0 Å². The molecule has 3 aliphatic rings. The molecule has 27 heavy (non-hydrogen) atoms. The van der Waals surface area contributed by atoms with Crippen LogP contribution in [0.2, 0.25) is 0 Å². The van der Waals surface area contributed by atoms with Gasteiger partial charge in [-0.2, -0.15) is 5.10 Å². The molecule has 0 bridgehead atoms. The van der Waals surface area contributed by atoms with Gasteiger partial charge in [0.2, 0.25) is 0 Å². The van der Waals surface area contributed by atoms with Crippen LogP contribution in [0.3, 0.4) is 0 Å². The zero-order valence-electron chi connectivity index (χ0n) is 16.2. The molecule has 0 saturated heterocycles. The van der Waals surface area contributed by atoms with Gasteiger partial charge in [-0.15, -0.1) is 0 Å². The van der Waals surface area contributed by atoms with E-state index in [0.29, 0.717) is 5.78 Å². The highest BCUT2D eigenvalue weighted by molar-refractivity contribution is 6.01. The topological polar surface area (TPSA) is 45.8 Å². The molecule has 1 aromatic heterocycles. The van der Waals surface area contributed by atoms with Crippen molar-refractivity contribution < 1.29 is 4.79 Å². The Morgan fingerprint density at radius 2 is 1.85 bits per heavy atom. The van der Waals surface area contributed by atoms with Gasteiger partial charge in [0.15, 0.2) is 5.78 Å². The van der Waals surface area contributed by atoms with Crippen molar-refractivity contribution in [2.45, 2.75) is 70.1 Å². The summed E-state index contributed by atoms with van der Waals surface area (Å²) in [5, 5.41) is 7.66. The van der Waals surface area contributed by atoms with Crippen LogP contribution < -0.4 is 0 Å². The van der Waals surface area contributed by atoms with E-state index in [9.17, 15) is 4.79 Å². The summed E-state index contributed by atoms with van der Waals surface area (Å²) in [7, 11) is 0. The summed E-state index contributed by atoms with van der Waals surface area (Å²) in [6.07, 6.45) is 11.9.